The van der Waals surface area contributed by atoms with Gasteiger partial charge in [0.15, 0.2) is 0 Å². The van der Waals surface area contributed by atoms with E-state index < -0.39 is 27.3 Å². The molecule has 29 heavy (non-hydrogen) atoms. The molecule has 7 nitrogen and oxygen atoms in total. The summed E-state index contributed by atoms with van der Waals surface area (Å²) in [5.74, 6) is -0.684. The van der Waals surface area contributed by atoms with Crippen LogP contribution in [0.5, 0.6) is 5.75 Å². The van der Waals surface area contributed by atoms with Crippen molar-refractivity contribution in [2.24, 2.45) is 5.41 Å². The number of ether oxygens (including phenoxy) is 1. The van der Waals surface area contributed by atoms with E-state index in [2.05, 4.69) is 5.32 Å². The van der Waals surface area contributed by atoms with Crippen LogP contribution in [0.15, 0.2) is 42.5 Å². The molecule has 2 amide bonds. The third-order valence-corrected chi connectivity index (χ3v) is 6.76. The number of carbonyl (C=O) groups is 2. The summed E-state index contributed by atoms with van der Waals surface area (Å²) in [6.45, 7) is 5.53. The number of anilines is 2. The van der Waals surface area contributed by atoms with Crippen LogP contribution >= 0.6 is 11.6 Å². The van der Waals surface area contributed by atoms with Crippen molar-refractivity contribution in [1.82, 2.24) is 0 Å². The van der Waals surface area contributed by atoms with E-state index in [1.54, 1.807) is 38.1 Å². The maximum absolute atomic E-state index is 12.6. The van der Waals surface area contributed by atoms with Gasteiger partial charge < -0.3 is 10.1 Å². The number of amides is 2. The van der Waals surface area contributed by atoms with Crippen LogP contribution in [0.1, 0.15) is 31.1 Å². The summed E-state index contributed by atoms with van der Waals surface area (Å²) in [6.07, 6.45) is 0. The molecule has 1 fully saturated rings. The Bertz CT molecular complexity index is 1060. The highest BCUT2D eigenvalue weighted by atomic mass is 35.5. The second-order valence-electron chi connectivity index (χ2n) is 7.29. The quantitative estimate of drug-likeness (QED) is 0.771. The number of halogens is 1. The van der Waals surface area contributed by atoms with Crippen molar-refractivity contribution in [1.29, 1.82) is 0 Å². The van der Waals surface area contributed by atoms with Gasteiger partial charge in [0.1, 0.15) is 5.75 Å². The smallest absolute Gasteiger partial charge is 0.255 e. The molecule has 9 heteroatoms. The molecule has 1 heterocycles. The van der Waals surface area contributed by atoms with E-state index in [1.807, 2.05) is 6.92 Å². The lowest BCUT2D eigenvalue weighted by Gasteiger charge is -2.19. The van der Waals surface area contributed by atoms with Gasteiger partial charge in [-0.05, 0) is 63.2 Å². The fourth-order valence-electron chi connectivity index (χ4n) is 3.06. The third-order valence-electron chi connectivity index (χ3n) is 4.44. The number of benzene rings is 2. The second kappa shape index (κ2) is 7.68. The molecule has 0 saturated carbocycles. The van der Waals surface area contributed by atoms with Gasteiger partial charge in [-0.15, -0.1) is 0 Å². The highest BCUT2D eigenvalue weighted by Crippen LogP contribution is 2.39. The number of nitrogens with one attached hydrogen (secondary N) is 1. The summed E-state index contributed by atoms with van der Waals surface area (Å²) in [5, 5.41) is 2.79. The van der Waals surface area contributed by atoms with Gasteiger partial charge in [-0.2, -0.15) is 0 Å². The topological polar surface area (TPSA) is 92.8 Å². The molecule has 0 spiro atoms. The largest absolute Gasteiger partial charge is 0.494 e. The Kier molecular flexibility index (Phi) is 5.60. The molecule has 0 bridgehead atoms. The van der Waals surface area contributed by atoms with Gasteiger partial charge >= 0.3 is 0 Å². The Morgan fingerprint density at radius 1 is 1.21 bits per heavy atom. The van der Waals surface area contributed by atoms with E-state index in [0.29, 0.717) is 22.3 Å². The Hall–Kier alpha value is -2.58. The molecule has 1 aliphatic rings. The fraction of sp³-hybridized carbons (Fsp3) is 0.300. The number of hydrogen-bond acceptors (Lipinski definition) is 5. The van der Waals surface area contributed by atoms with Crippen molar-refractivity contribution in [3.63, 3.8) is 0 Å². The van der Waals surface area contributed by atoms with Crippen molar-refractivity contribution in [3.8, 4) is 5.75 Å². The minimum atomic E-state index is -3.88. The number of sulfonamides is 1. The molecule has 1 N–H and O–H groups in total. The Labute approximate surface area is 174 Å². The van der Waals surface area contributed by atoms with Gasteiger partial charge in [-0.1, -0.05) is 11.6 Å². The summed E-state index contributed by atoms with van der Waals surface area (Å²) in [5.41, 5.74) is -0.378. The summed E-state index contributed by atoms with van der Waals surface area (Å²) in [6, 6.07) is 11.0. The summed E-state index contributed by atoms with van der Waals surface area (Å²) < 4.78 is 31.1. The Morgan fingerprint density at radius 3 is 2.41 bits per heavy atom. The molecule has 3 rings (SSSR count). The standard InChI is InChI=1S/C20H21ClN2O5S/c1-4-28-15-8-6-14(7-9-15)22-18(24)13-5-10-16(21)17(11-13)23-19(25)20(2,3)12-29(23,26)27/h5-11H,4,12H2,1-3H3,(H,22,24). The number of nitrogens with zero attached hydrogens (tertiary/aromatic N) is 1. The monoisotopic (exact) mass is 436 g/mol. The van der Waals surface area contributed by atoms with E-state index in [9.17, 15) is 18.0 Å². The minimum absolute atomic E-state index is 0.0263. The maximum Gasteiger partial charge on any atom is 0.255 e. The van der Waals surface area contributed by atoms with Gasteiger partial charge in [0.05, 0.1) is 28.5 Å². The SMILES string of the molecule is CCOc1ccc(NC(=O)c2ccc(Cl)c(N3C(=O)C(C)(C)CS3(=O)=O)c2)cc1. The van der Waals surface area contributed by atoms with E-state index in [0.717, 1.165) is 0 Å². The van der Waals surface area contributed by atoms with Crippen LogP contribution in [0, 0.1) is 5.41 Å². The number of hydrogen-bond donors (Lipinski definition) is 1. The van der Waals surface area contributed by atoms with Gasteiger partial charge in [-0.3, -0.25) is 9.59 Å². The highest BCUT2D eigenvalue weighted by Gasteiger charge is 2.50. The average molecular weight is 437 g/mol. The van der Waals surface area contributed by atoms with E-state index in [1.165, 1.54) is 18.2 Å². The first kappa shape index (κ1) is 21.1. The molecule has 2 aromatic carbocycles. The zero-order chi connectivity index (χ0) is 21.4. The van der Waals surface area contributed by atoms with Gasteiger partial charge in [-0.25, -0.2) is 12.7 Å². The van der Waals surface area contributed by atoms with Crippen molar-refractivity contribution in [2.45, 2.75) is 20.8 Å². The first-order chi connectivity index (χ1) is 13.5. The van der Waals surface area contributed by atoms with Crippen LogP contribution < -0.4 is 14.4 Å². The fourth-order valence-corrected chi connectivity index (χ4v) is 5.42. The predicted octanol–water partition coefficient (Wildman–Crippen LogP) is 3.69. The lowest BCUT2D eigenvalue weighted by molar-refractivity contribution is -0.123. The van der Waals surface area contributed by atoms with Crippen molar-refractivity contribution in [2.75, 3.05) is 22.0 Å². The van der Waals surface area contributed by atoms with Crippen LogP contribution in [0.4, 0.5) is 11.4 Å². The third kappa shape index (κ3) is 4.23. The van der Waals surface area contributed by atoms with E-state index in [4.69, 9.17) is 16.3 Å². The van der Waals surface area contributed by atoms with Gasteiger partial charge in [0.2, 0.25) is 15.9 Å². The molecule has 0 radical (unpaired) electrons. The van der Waals surface area contributed by atoms with E-state index >= 15 is 0 Å². The minimum Gasteiger partial charge on any atom is -0.494 e. The maximum atomic E-state index is 12.6. The zero-order valence-corrected chi connectivity index (χ0v) is 17.8. The number of rotatable bonds is 5. The molecular weight excluding hydrogens is 416 g/mol. The highest BCUT2D eigenvalue weighted by molar-refractivity contribution is 7.94. The second-order valence-corrected chi connectivity index (χ2v) is 9.51. The van der Waals surface area contributed by atoms with Crippen LogP contribution in [0.2, 0.25) is 5.02 Å². The lowest BCUT2D eigenvalue weighted by atomic mass is 9.95. The molecule has 1 aliphatic heterocycles. The molecular formula is C20H21ClN2O5S. The normalized spacial score (nSPS) is 17.2. The van der Waals surface area contributed by atoms with Crippen LogP contribution in [-0.2, 0) is 14.8 Å². The molecule has 154 valence electrons. The molecule has 0 unspecified atom stereocenters. The van der Waals surface area contributed by atoms with Crippen LogP contribution in [0.3, 0.4) is 0 Å². The van der Waals surface area contributed by atoms with Crippen LogP contribution in [0.25, 0.3) is 0 Å². The molecule has 0 atom stereocenters. The van der Waals surface area contributed by atoms with Gasteiger partial charge in [0, 0.05) is 11.3 Å². The summed E-state index contributed by atoms with van der Waals surface area (Å²) in [7, 11) is -3.88. The van der Waals surface area contributed by atoms with Crippen molar-refractivity contribution >= 4 is 44.8 Å². The predicted molar refractivity (Wildman–Crippen MR) is 112 cm³/mol. The zero-order valence-electron chi connectivity index (χ0n) is 16.2. The lowest BCUT2D eigenvalue weighted by Crippen LogP contribution is -2.33. The molecule has 0 aromatic heterocycles. The van der Waals surface area contributed by atoms with Crippen molar-refractivity contribution in [3.05, 3.63) is 53.1 Å². The summed E-state index contributed by atoms with van der Waals surface area (Å²) in [4.78, 5) is 25.3. The summed E-state index contributed by atoms with van der Waals surface area (Å²) >= 11 is 6.17. The molecule has 2 aromatic rings. The Morgan fingerprint density at radius 2 is 1.86 bits per heavy atom. The van der Waals surface area contributed by atoms with Crippen molar-refractivity contribution < 1.29 is 22.7 Å². The first-order valence-corrected chi connectivity index (χ1v) is 10.9. The van der Waals surface area contributed by atoms with Crippen LogP contribution in [-0.4, -0.2) is 32.6 Å². The first-order valence-electron chi connectivity index (χ1n) is 8.96. The average Bonchev–Trinajstić information content (AvgIpc) is 2.80. The Balaban J connectivity index is 1.89. The molecule has 1 saturated heterocycles. The number of carbonyl (C=O) groups excluding carboxylic acids is 2. The molecule has 0 aliphatic carbocycles. The van der Waals surface area contributed by atoms with E-state index in [-0.39, 0.29) is 22.0 Å². The van der Waals surface area contributed by atoms with Gasteiger partial charge in [0.25, 0.3) is 5.91 Å².